The number of hydrogen-bond acceptors (Lipinski definition) is 5. The number of H-pyrrole nitrogens is 1. The highest BCUT2D eigenvalue weighted by Crippen LogP contribution is 2.32. The summed E-state index contributed by atoms with van der Waals surface area (Å²) >= 11 is 3.55. The first-order chi connectivity index (χ1) is 17.2. The van der Waals surface area contributed by atoms with Crippen molar-refractivity contribution in [3.05, 3.63) is 55.4 Å². The second kappa shape index (κ2) is 11.8. The number of pyridine rings is 1. The number of carbonyl (C=O) groups is 2. The molecular formula is C27H36BBrN4O4. The molecule has 10 heteroatoms. The number of amides is 2. The Kier molecular flexibility index (Phi) is 9.16. The van der Waals surface area contributed by atoms with E-state index in [1.165, 1.54) is 0 Å². The third-order valence-electron chi connectivity index (χ3n) is 6.67. The molecule has 1 heterocycles. The molecule has 1 saturated carbocycles. The number of hydrogen-bond donors (Lipinski definition) is 3. The fraction of sp³-hybridized carbons (Fsp3) is 0.519. The molecule has 8 nitrogen and oxygen atoms in total. The fourth-order valence-corrected chi connectivity index (χ4v) is 5.18. The molecule has 2 radical (unpaired) electrons. The van der Waals surface area contributed by atoms with Crippen LogP contribution >= 0.6 is 15.9 Å². The van der Waals surface area contributed by atoms with Crippen molar-refractivity contribution in [2.45, 2.75) is 84.5 Å². The van der Waals surface area contributed by atoms with Crippen molar-refractivity contribution in [2.75, 3.05) is 11.9 Å². The predicted molar refractivity (Wildman–Crippen MR) is 151 cm³/mol. The number of nitrogens with one attached hydrogen (secondary N) is 3. The van der Waals surface area contributed by atoms with E-state index < -0.39 is 5.60 Å². The summed E-state index contributed by atoms with van der Waals surface area (Å²) in [5.74, 6) is -0.280. The monoisotopic (exact) mass is 570 g/mol. The Bertz CT molecular complexity index is 1220. The molecule has 1 fully saturated rings. The number of alkyl carbamates (subject to hydrolysis) is 1. The third kappa shape index (κ3) is 7.63. The second-order valence-corrected chi connectivity index (χ2v) is 11.7. The van der Waals surface area contributed by atoms with Gasteiger partial charge in [-0.1, -0.05) is 21.4 Å². The van der Waals surface area contributed by atoms with Gasteiger partial charge in [-0.3, -0.25) is 9.59 Å². The lowest BCUT2D eigenvalue weighted by atomic mass is 9.89. The average Bonchev–Trinajstić information content (AvgIpc) is 2.78. The molecule has 3 rings (SSSR count). The molecule has 1 aliphatic carbocycles. The van der Waals surface area contributed by atoms with Crippen LogP contribution in [0.1, 0.15) is 73.6 Å². The molecule has 3 N–H and O–H groups in total. The normalized spacial score (nSPS) is 17.7. The van der Waals surface area contributed by atoms with E-state index in [4.69, 9.17) is 12.6 Å². The lowest BCUT2D eigenvalue weighted by Gasteiger charge is -2.37. The second-order valence-electron chi connectivity index (χ2n) is 10.8. The number of aromatic nitrogens is 1. The van der Waals surface area contributed by atoms with Crippen LogP contribution in [0.3, 0.4) is 0 Å². The Morgan fingerprint density at radius 2 is 1.81 bits per heavy atom. The molecule has 0 spiro atoms. The van der Waals surface area contributed by atoms with E-state index in [-0.39, 0.29) is 36.2 Å². The molecule has 0 atom stereocenters. The van der Waals surface area contributed by atoms with Crippen molar-refractivity contribution >= 4 is 46.9 Å². The van der Waals surface area contributed by atoms with E-state index in [2.05, 4.69) is 36.4 Å². The third-order valence-corrected chi connectivity index (χ3v) is 7.12. The van der Waals surface area contributed by atoms with Gasteiger partial charge in [0.05, 0.1) is 0 Å². The van der Waals surface area contributed by atoms with Crippen molar-refractivity contribution in [2.24, 2.45) is 0 Å². The van der Waals surface area contributed by atoms with Crippen LogP contribution in [-0.4, -0.2) is 49.6 Å². The van der Waals surface area contributed by atoms with Crippen LogP contribution < -0.4 is 26.6 Å². The summed E-state index contributed by atoms with van der Waals surface area (Å²) in [5.41, 5.74) is 2.86. The highest BCUT2D eigenvalue weighted by Gasteiger charge is 2.28. The zero-order valence-corrected chi connectivity index (χ0v) is 24.0. The van der Waals surface area contributed by atoms with Gasteiger partial charge in [-0.15, -0.1) is 0 Å². The zero-order chi connectivity index (χ0) is 27.5. The number of nitrogens with zero attached hydrogens (tertiary/aromatic N) is 1. The van der Waals surface area contributed by atoms with E-state index in [9.17, 15) is 14.4 Å². The van der Waals surface area contributed by atoms with Gasteiger partial charge in [-0.05, 0) is 84.1 Å². The summed E-state index contributed by atoms with van der Waals surface area (Å²) < 4.78 is 6.18. The van der Waals surface area contributed by atoms with Gasteiger partial charge in [0.2, 0.25) is 0 Å². The molecule has 2 aromatic rings. The topological polar surface area (TPSA) is 104 Å². The van der Waals surface area contributed by atoms with Crippen LogP contribution in [0.4, 0.5) is 10.5 Å². The summed E-state index contributed by atoms with van der Waals surface area (Å²) in [6.45, 7) is 9.27. The SMILES string of the molecule is [B]c1cc(C)[nH]c(=O)c1CNC(=O)c1cc(Br)cc(N(C)C2CCC(NC(=O)OC(C)(C)C)CC2)c1C. The van der Waals surface area contributed by atoms with E-state index in [0.717, 1.165) is 41.4 Å². The first-order valence-corrected chi connectivity index (χ1v) is 13.3. The Labute approximate surface area is 228 Å². The smallest absolute Gasteiger partial charge is 0.407 e. The van der Waals surface area contributed by atoms with Gasteiger partial charge >= 0.3 is 6.09 Å². The van der Waals surface area contributed by atoms with Crippen LogP contribution in [0, 0.1) is 13.8 Å². The van der Waals surface area contributed by atoms with Crippen LogP contribution in [0.25, 0.3) is 0 Å². The van der Waals surface area contributed by atoms with Crippen molar-refractivity contribution in [3.8, 4) is 0 Å². The number of benzene rings is 1. The average molecular weight is 571 g/mol. The minimum absolute atomic E-state index is 0.0338. The maximum absolute atomic E-state index is 13.1. The molecule has 1 aromatic heterocycles. The highest BCUT2D eigenvalue weighted by atomic mass is 79.9. The van der Waals surface area contributed by atoms with Crippen LogP contribution in [-0.2, 0) is 11.3 Å². The quantitative estimate of drug-likeness (QED) is 0.459. The minimum Gasteiger partial charge on any atom is -0.444 e. The lowest BCUT2D eigenvalue weighted by Crippen LogP contribution is -2.44. The van der Waals surface area contributed by atoms with Crippen molar-refractivity contribution in [1.29, 1.82) is 0 Å². The highest BCUT2D eigenvalue weighted by molar-refractivity contribution is 9.10. The van der Waals surface area contributed by atoms with Gasteiger partial charge in [-0.2, -0.15) is 0 Å². The van der Waals surface area contributed by atoms with E-state index in [1.807, 2.05) is 40.8 Å². The summed E-state index contributed by atoms with van der Waals surface area (Å²) in [7, 11) is 8.03. The molecule has 0 saturated heterocycles. The largest absolute Gasteiger partial charge is 0.444 e. The number of halogens is 1. The number of ether oxygens (including phenoxy) is 1. The number of aromatic amines is 1. The van der Waals surface area contributed by atoms with Gasteiger partial charge < -0.3 is 25.3 Å². The number of aryl methyl sites for hydroxylation is 1. The van der Waals surface area contributed by atoms with Crippen molar-refractivity contribution < 1.29 is 14.3 Å². The van der Waals surface area contributed by atoms with Gasteiger partial charge in [0, 0.05) is 52.7 Å². The summed E-state index contributed by atoms with van der Waals surface area (Å²) in [5, 5.41) is 5.82. The molecule has 37 heavy (non-hydrogen) atoms. The van der Waals surface area contributed by atoms with E-state index >= 15 is 0 Å². The van der Waals surface area contributed by atoms with Gasteiger partial charge in [0.1, 0.15) is 13.4 Å². The van der Waals surface area contributed by atoms with Crippen LogP contribution in [0.15, 0.2) is 27.5 Å². The standard InChI is InChI=1S/C27H36BBrN4O4/c1-15-11-22(28)21(25(35)31-15)14-30-24(34)20-12-17(29)13-23(16(20)2)33(6)19-9-7-18(8-10-19)32-26(36)37-27(3,4)5/h11-13,18-19H,7-10,14H2,1-6H3,(H,30,34)(H,31,35)(H,32,36). The summed E-state index contributed by atoms with van der Waals surface area (Å²) in [4.78, 5) is 42.4. The molecule has 0 unspecified atom stereocenters. The van der Waals surface area contributed by atoms with Crippen LogP contribution in [0.2, 0.25) is 0 Å². The van der Waals surface area contributed by atoms with E-state index in [0.29, 0.717) is 22.3 Å². The fourth-order valence-electron chi connectivity index (χ4n) is 4.73. The first kappa shape index (κ1) is 28.8. The Hall–Kier alpha value is -2.75. The van der Waals surface area contributed by atoms with Crippen LogP contribution in [0.5, 0.6) is 0 Å². The molecule has 0 aliphatic heterocycles. The zero-order valence-electron chi connectivity index (χ0n) is 22.5. The first-order valence-electron chi connectivity index (χ1n) is 12.5. The summed E-state index contributed by atoms with van der Waals surface area (Å²) in [6.07, 6.45) is 3.12. The molecular weight excluding hydrogens is 535 g/mol. The molecule has 2 amide bonds. The van der Waals surface area contributed by atoms with E-state index in [1.54, 1.807) is 19.1 Å². The number of carbonyl (C=O) groups excluding carboxylic acids is 2. The Morgan fingerprint density at radius 1 is 1.16 bits per heavy atom. The van der Waals surface area contributed by atoms with Crippen molar-refractivity contribution in [3.63, 3.8) is 0 Å². The Morgan fingerprint density at radius 3 is 2.41 bits per heavy atom. The van der Waals surface area contributed by atoms with Crippen molar-refractivity contribution in [1.82, 2.24) is 15.6 Å². The maximum atomic E-state index is 13.1. The Balaban J connectivity index is 1.67. The minimum atomic E-state index is -0.522. The molecule has 198 valence electrons. The van der Waals surface area contributed by atoms with Gasteiger partial charge in [0.25, 0.3) is 11.5 Å². The maximum Gasteiger partial charge on any atom is 0.407 e. The summed E-state index contributed by atoms with van der Waals surface area (Å²) in [6, 6.07) is 5.83. The molecule has 1 aliphatic rings. The number of anilines is 1. The predicted octanol–water partition coefficient (Wildman–Crippen LogP) is 3.75. The molecule has 1 aromatic carbocycles. The lowest BCUT2D eigenvalue weighted by molar-refractivity contribution is 0.0491. The van der Waals surface area contributed by atoms with Gasteiger partial charge in [0.15, 0.2) is 0 Å². The number of rotatable bonds is 6. The van der Waals surface area contributed by atoms with Gasteiger partial charge in [-0.25, -0.2) is 4.79 Å². The molecule has 0 bridgehead atoms.